The predicted octanol–water partition coefficient (Wildman–Crippen LogP) is 4.04. The number of benzene rings is 1. The zero-order chi connectivity index (χ0) is 15.6. The first kappa shape index (κ1) is 15.9. The largest absolute Gasteiger partial charge is 0.480 e. The van der Waals surface area contributed by atoms with Crippen molar-refractivity contribution < 1.29 is 23.8 Å². The van der Waals surface area contributed by atoms with Gasteiger partial charge in [0.15, 0.2) is 17.0 Å². The summed E-state index contributed by atoms with van der Waals surface area (Å²) in [4.78, 5) is 22.7. The molecule has 0 atom stereocenters. The highest BCUT2D eigenvalue weighted by molar-refractivity contribution is 9.10. The van der Waals surface area contributed by atoms with E-state index in [1.165, 1.54) is 18.2 Å². The molecule has 5 nitrogen and oxygen atoms in total. The van der Waals surface area contributed by atoms with Crippen LogP contribution in [-0.2, 0) is 4.79 Å². The van der Waals surface area contributed by atoms with Gasteiger partial charge in [-0.25, -0.2) is 4.79 Å². The minimum absolute atomic E-state index is 0.0305. The summed E-state index contributed by atoms with van der Waals surface area (Å²) in [5, 5.41) is 8.49. The van der Waals surface area contributed by atoms with Gasteiger partial charge in [-0.15, -0.1) is 0 Å². The number of furan rings is 1. The highest BCUT2D eigenvalue weighted by Crippen LogP contribution is 2.36. The molecule has 1 aromatic carbocycles. The van der Waals surface area contributed by atoms with Gasteiger partial charge in [0.1, 0.15) is 10.8 Å². The number of hydrogen-bond acceptors (Lipinski definition) is 4. The van der Waals surface area contributed by atoms with Crippen LogP contribution in [0.1, 0.15) is 16.1 Å². The Kier molecular flexibility index (Phi) is 4.92. The van der Waals surface area contributed by atoms with E-state index in [9.17, 15) is 9.59 Å². The standard InChI is InChI=1S/C13H7BrCl2O5/c14-9-4-3-8(21-9)13(19)6-1-2-7(12(16)11(6)15)20-5-10(17)18/h1-4H,5H2,(H,17,18). The summed E-state index contributed by atoms with van der Waals surface area (Å²) >= 11 is 15.1. The lowest BCUT2D eigenvalue weighted by Crippen LogP contribution is -2.10. The zero-order valence-electron chi connectivity index (χ0n) is 10.2. The second kappa shape index (κ2) is 6.51. The van der Waals surface area contributed by atoms with E-state index in [0.29, 0.717) is 4.67 Å². The summed E-state index contributed by atoms with van der Waals surface area (Å²) in [5.41, 5.74) is 0.131. The fourth-order valence-electron chi connectivity index (χ4n) is 1.53. The van der Waals surface area contributed by atoms with E-state index >= 15 is 0 Å². The van der Waals surface area contributed by atoms with Crippen LogP contribution in [0.3, 0.4) is 0 Å². The number of carboxylic acid groups (broad SMARTS) is 1. The zero-order valence-corrected chi connectivity index (χ0v) is 13.3. The number of carbonyl (C=O) groups is 2. The maximum absolute atomic E-state index is 12.2. The molecule has 1 aromatic heterocycles. The molecule has 0 spiro atoms. The Balaban J connectivity index is 2.32. The van der Waals surface area contributed by atoms with Crippen LogP contribution in [-0.4, -0.2) is 23.5 Å². The van der Waals surface area contributed by atoms with E-state index in [4.69, 9.17) is 37.5 Å². The van der Waals surface area contributed by atoms with Crippen LogP contribution in [0.25, 0.3) is 0 Å². The lowest BCUT2D eigenvalue weighted by Gasteiger charge is -2.09. The van der Waals surface area contributed by atoms with Crippen LogP contribution in [0.5, 0.6) is 5.75 Å². The average molecular weight is 394 g/mol. The fourth-order valence-corrected chi connectivity index (χ4v) is 2.29. The van der Waals surface area contributed by atoms with Gasteiger partial charge < -0.3 is 14.3 Å². The van der Waals surface area contributed by atoms with Crippen molar-refractivity contribution in [2.75, 3.05) is 6.61 Å². The molecule has 1 N–H and O–H groups in total. The Labute approximate surface area is 137 Å². The van der Waals surface area contributed by atoms with E-state index in [0.717, 1.165) is 0 Å². The lowest BCUT2D eigenvalue weighted by atomic mass is 10.1. The summed E-state index contributed by atoms with van der Waals surface area (Å²) in [5.74, 6) is -1.42. The van der Waals surface area contributed by atoms with Crippen LogP contribution in [0, 0.1) is 0 Å². The molecular weight excluding hydrogens is 387 g/mol. The normalized spacial score (nSPS) is 10.4. The van der Waals surface area contributed by atoms with Gasteiger partial charge in [0.25, 0.3) is 0 Å². The minimum atomic E-state index is -1.15. The molecule has 1 heterocycles. The SMILES string of the molecule is O=C(O)COc1ccc(C(=O)c2ccc(Br)o2)c(Cl)c1Cl. The first-order valence-electron chi connectivity index (χ1n) is 5.52. The molecule has 0 amide bonds. The van der Waals surface area contributed by atoms with E-state index in [1.54, 1.807) is 6.07 Å². The number of hydrogen-bond donors (Lipinski definition) is 1. The number of ketones is 1. The number of ether oxygens (including phenoxy) is 1. The van der Waals surface area contributed by atoms with Crippen molar-refractivity contribution in [1.82, 2.24) is 0 Å². The number of rotatable bonds is 5. The highest BCUT2D eigenvalue weighted by Gasteiger charge is 2.20. The summed E-state index contributed by atoms with van der Waals surface area (Å²) in [6, 6.07) is 5.84. The van der Waals surface area contributed by atoms with Crippen molar-refractivity contribution in [2.45, 2.75) is 0 Å². The van der Waals surface area contributed by atoms with Gasteiger partial charge in [-0.1, -0.05) is 23.2 Å². The molecule has 0 fully saturated rings. The second-order valence-corrected chi connectivity index (χ2v) is 5.39. The molecule has 0 unspecified atom stereocenters. The third-order valence-electron chi connectivity index (χ3n) is 2.44. The monoisotopic (exact) mass is 392 g/mol. The molecule has 2 aromatic rings. The predicted molar refractivity (Wildman–Crippen MR) is 79.4 cm³/mol. The number of carboxylic acids is 1. The van der Waals surface area contributed by atoms with Crippen molar-refractivity contribution in [3.8, 4) is 5.75 Å². The topological polar surface area (TPSA) is 76.7 Å². The Hall–Kier alpha value is -1.50. The maximum atomic E-state index is 12.2. The third kappa shape index (κ3) is 3.58. The Bertz CT molecular complexity index is 711. The van der Waals surface area contributed by atoms with Gasteiger partial charge in [0.05, 0.1) is 5.02 Å². The molecule has 0 bridgehead atoms. The molecule has 2 rings (SSSR count). The summed E-state index contributed by atoms with van der Waals surface area (Å²) < 4.78 is 10.5. The molecule has 0 radical (unpaired) electrons. The minimum Gasteiger partial charge on any atom is -0.480 e. The fraction of sp³-hybridized carbons (Fsp3) is 0.0769. The van der Waals surface area contributed by atoms with Crippen LogP contribution < -0.4 is 4.74 Å². The van der Waals surface area contributed by atoms with E-state index in [-0.39, 0.29) is 27.1 Å². The van der Waals surface area contributed by atoms with Gasteiger partial charge in [-0.2, -0.15) is 0 Å². The summed E-state index contributed by atoms with van der Waals surface area (Å²) in [7, 11) is 0. The first-order valence-corrected chi connectivity index (χ1v) is 7.07. The Morgan fingerprint density at radius 1 is 1.19 bits per heavy atom. The molecule has 0 saturated heterocycles. The third-order valence-corrected chi connectivity index (χ3v) is 3.73. The van der Waals surface area contributed by atoms with Gasteiger partial charge in [-0.3, -0.25) is 4.79 Å². The highest BCUT2D eigenvalue weighted by atomic mass is 79.9. The van der Waals surface area contributed by atoms with Crippen molar-refractivity contribution in [1.29, 1.82) is 0 Å². The molecule has 0 saturated carbocycles. The van der Waals surface area contributed by atoms with E-state index in [2.05, 4.69) is 15.9 Å². The van der Waals surface area contributed by atoms with Gasteiger partial charge in [0.2, 0.25) is 5.78 Å². The quantitative estimate of drug-likeness (QED) is 0.775. The van der Waals surface area contributed by atoms with E-state index in [1.807, 2.05) is 0 Å². The molecule has 0 aliphatic heterocycles. The van der Waals surface area contributed by atoms with Crippen molar-refractivity contribution in [3.05, 3.63) is 50.3 Å². The van der Waals surface area contributed by atoms with Gasteiger partial charge >= 0.3 is 5.97 Å². The maximum Gasteiger partial charge on any atom is 0.341 e. The average Bonchev–Trinajstić information content (AvgIpc) is 2.86. The number of carbonyl (C=O) groups excluding carboxylic acids is 1. The van der Waals surface area contributed by atoms with E-state index < -0.39 is 18.4 Å². The van der Waals surface area contributed by atoms with Crippen LogP contribution in [0.4, 0.5) is 0 Å². The molecule has 0 aliphatic carbocycles. The van der Waals surface area contributed by atoms with Crippen molar-refractivity contribution >= 4 is 50.9 Å². The van der Waals surface area contributed by atoms with Crippen LogP contribution in [0.2, 0.25) is 10.0 Å². The van der Waals surface area contributed by atoms with Crippen molar-refractivity contribution in [2.24, 2.45) is 0 Å². The summed E-state index contributed by atoms with van der Waals surface area (Å²) in [6.07, 6.45) is 0. The first-order chi connectivity index (χ1) is 9.90. The van der Waals surface area contributed by atoms with Crippen LogP contribution >= 0.6 is 39.1 Å². The Morgan fingerprint density at radius 2 is 1.90 bits per heavy atom. The number of aliphatic carboxylic acids is 1. The van der Waals surface area contributed by atoms with Gasteiger partial charge in [0, 0.05) is 5.56 Å². The summed E-state index contributed by atoms with van der Waals surface area (Å²) in [6.45, 7) is -0.561. The second-order valence-electron chi connectivity index (χ2n) is 3.85. The molecule has 110 valence electrons. The molecule has 21 heavy (non-hydrogen) atoms. The van der Waals surface area contributed by atoms with Gasteiger partial charge in [-0.05, 0) is 40.2 Å². The van der Waals surface area contributed by atoms with Crippen molar-refractivity contribution in [3.63, 3.8) is 0 Å². The lowest BCUT2D eigenvalue weighted by molar-refractivity contribution is -0.139. The van der Waals surface area contributed by atoms with Crippen LogP contribution in [0.15, 0.2) is 33.4 Å². The Morgan fingerprint density at radius 3 is 2.48 bits per heavy atom. The number of halogens is 3. The molecule has 8 heteroatoms. The smallest absolute Gasteiger partial charge is 0.341 e. The molecular formula is C13H7BrCl2O5. The molecule has 0 aliphatic rings.